The van der Waals surface area contributed by atoms with E-state index < -0.39 is 0 Å². The first kappa shape index (κ1) is 14.6. The number of hydrogen-bond acceptors (Lipinski definition) is 4. The Morgan fingerprint density at radius 3 is 3.14 bits per heavy atom. The maximum atomic E-state index is 12.2. The Morgan fingerprint density at radius 2 is 2.38 bits per heavy atom. The summed E-state index contributed by atoms with van der Waals surface area (Å²) in [4.78, 5) is 25.0. The van der Waals surface area contributed by atoms with Crippen LogP contribution in [0, 0.1) is 5.92 Å². The summed E-state index contributed by atoms with van der Waals surface area (Å²) in [6.45, 7) is 2.23. The Balaban J connectivity index is 1.80. The van der Waals surface area contributed by atoms with Crippen molar-refractivity contribution in [1.29, 1.82) is 0 Å². The summed E-state index contributed by atoms with van der Waals surface area (Å²) in [6.07, 6.45) is 0.505. The predicted octanol–water partition coefficient (Wildman–Crippen LogP) is 2.96. The molecule has 2 aromatic rings. The summed E-state index contributed by atoms with van der Waals surface area (Å²) in [5.41, 5.74) is 1.74. The van der Waals surface area contributed by atoms with Crippen molar-refractivity contribution < 1.29 is 9.59 Å². The van der Waals surface area contributed by atoms with Gasteiger partial charge in [0.1, 0.15) is 4.60 Å². The van der Waals surface area contributed by atoms with Gasteiger partial charge < -0.3 is 4.90 Å². The topological polar surface area (TPSA) is 66.1 Å². The normalized spacial score (nSPS) is 18.7. The van der Waals surface area contributed by atoms with E-state index in [2.05, 4.69) is 26.1 Å². The van der Waals surface area contributed by atoms with E-state index in [4.69, 9.17) is 0 Å². The molecular weight excluding hydrogens is 354 g/mol. The van der Waals surface area contributed by atoms with Crippen molar-refractivity contribution in [3.05, 3.63) is 22.8 Å². The number of fused-ring (bicyclic) bond motifs is 1. The monoisotopic (exact) mass is 367 g/mol. The van der Waals surface area contributed by atoms with Gasteiger partial charge in [-0.2, -0.15) is 5.10 Å². The molecule has 110 valence electrons. The summed E-state index contributed by atoms with van der Waals surface area (Å²) in [5, 5.41) is 8.08. The van der Waals surface area contributed by atoms with Crippen molar-refractivity contribution in [3.63, 3.8) is 0 Å². The molecule has 1 aliphatic rings. The Morgan fingerprint density at radius 1 is 1.57 bits per heavy atom. The van der Waals surface area contributed by atoms with Crippen molar-refractivity contribution in [2.24, 2.45) is 5.92 Å². The highest BCUT2D eigenvalue weighted by atomic mass is 79.9. The van der Waals surface area contributed by atoms with Crippen LogP contribution in [0.2, 0.25) is 0 Å². The summed E-state index contributed by atoms with van der Waals surface area (Å²) in [7, 11) is 0. The van der Waals surface area contributed by atoms with E-state index >= 15 is 0 Å². The van der Waals surface area contributed by atoms with Gasteiger partial charge in [0, 0.05) is 36.7 Å². The molecule has 1 aliphatic heterocycles. The predicted molar refractivity (Wildman–Crippen MR) is 87.4 cm³/mol. The average Bonchev–Trinajstić information content (AvgIpc) is 3.00. The molecule has 1 N–H and O–H groups in total. The number of thioether (sulfide) groups is 1. The summed E-state index contributed by atoms with van der Waals surface area (Å²) in [5.74, 6) is 1.05. The van der Waals surface area contributed by atoms with Crippen molar-refractivity contribution >= 4 is 55.3 Å². The number of carbonyl (C=O) groups is 2. The van der Waals surface area contributed by atoms with Gasteiger partial charge in [-0.25, -0.2) is 0 Å². The maximum absolute atomic E-state index is 12.2. The second-order valence-electron chi connectivity index (χ2n) is 5.12. The largest absolute Gasteiger partial charge is 0.312 e. The zero-order chi connectivity index (χ0) is 15.0. The lowest BCUT2D eigenvalue weighted by Gasteiger charge is -2.16. The first-order valence-corrected chi connectivity index (χ1v) is 8.40. The molecule has 1 unspecified atom stereocenters. The van der Waals surface area contributed by atoms with E-state index in [0.29, 0.717) is 18.7 Å². The second kappa shape index (κ2) is 5.81. The fourth-order valence-electron chi connectivity index (χ4n) is 2.51. The minimum Gasteiger partial charge on any atom is -0.312 e. The zero-order valence-corrected chi connectivity index (χ0v) is 13.8. The smallest absolute Gasteiger partial charge is 0.227 e. The third kappa shape index (κ3) is 2.98. The Bertz CT molecular complexity index is 715. The Hall–Kier alpha value is -1.34. The lowest BCUT2D eigenvalue weighted by atomic mass is 10.1. The number of aromatic amines is 1. The average molecular weight is 368 g/mol. The molecular formula is C14H14BrN3O2S. The minimum atomic E-state index is 0.102. The fraction of sp³-hybridized carbons (Fsp3) is 0.357. The van der Waals surface area contributed by atoms with E-state index in [1.807, 2.05) is 18.2 Å². The van der Waals surface area contributed by atoms with Crippen LogP contribution in [0.3, 0.4) is 0 Å². The van der Waals surface area contributed by atoms with Gasteiger partial charge in [0.05, 0.1) is 5.52 Å². The highest BCUT2D eigenvalue weighted by Crippen LogP contribution is 2.31. The van der Waals surface area contributed by atoms with Gasteiger partial charge in [0.15, 0.2) is 5.12 Å². The van der Waals surface area contributed by atoms with E-state index in [1.165, 1.54) is 11.8 Å². The molecule has 2 heterocycles. The van der Waals surface area contributed by atoms with Crippen molar-refractivity contribution in [3.8, 4) is 0 Å². The van der Waals surface area contributed by atoms with Gasteiger partial charge in [-0.15, -0.1) is 0 Å². The van der Waals surface area contributed by atoms with Gasteiger partial charge in [0.25, 0.3) is 0 Å². The van der Waals surface area contributed by atoms with E-state index in [1.54, 1.807) is 11.8 Å². The first-order chi connectivity index (χ1) is 10.0. The van der Waals surface area contributed by atoms with E-state index in [0.717, 1.165) is 21.2 Å². The molecule has 0 aliphatic carbocycles. The van der Waals surface area contributed by atoms with Gasteiger partial charge in [-0.1, -0.05) is 11.8 Å². The zero-order valence-electron chi connectivity index (χ0n) is 11.4. The maximum Gasteiger partial charge on any atom is 0.227 e. The number of nitrogens with one attached hydrogen (secondary N) is 1. The lowest BCUT2D eigenvalue weighted by molar-refractivity contribution is -0.117. The van der Waals surface area contributed by atoms with Gasteiger partial charge in [0.2, 0.25) is 5.91 Å². The van der Waals surface area contributed by atoms with Crippen LogP contribution in [-0.2, 0) is 9.59 Å². The number of anilines is 1. The first-order valence-electron chi connectivity index (χ1n) is 6.62. The number of aromatic nitrogens is 2. The number of H-pyrrole nitrogens is 1. The number of hydrogen-bond donors (Lipinski definition) is 1. The van der Waals surface area contributed by atoms with Crippen LogP contribution in [-0.4, -0.2) is 33.5 Å². The van der Waals surface area contributed by atoms with Crippen LogP contribution in [0.15, 0.2) is 22.8 Å². The van der Waals surface area contributed by atoms with Crippen LogP contribution in [0.25, 0.3) is 10.9 Å². The van der Waals surface area contributed by atoms with Crippen LogP contribution in [0.1, 0.15) is 13.3 Å². The van der Waals surface area contributed by atoms with E-state index in [9.17, 15) is 9.59 Å². The Labute approximate surface area is 134 Å². The molecule has 0 spiro atoms. The van der Waals surface area contributed by atoms with Gasteiger partial charge in [-0.05, 0) is 40.0 Å². The summed E-state index contributed by atoms with van der Waals surface area (Å²) >= 11 is 4.71. The number of rotatable bonds is 3. The highest BCUT2D eigenvalue weighted by Gasteiger charge is 2.31. The number of nitrogens with zero attached hydrogens (tertiary/aromatic N) is 2. The third-order valence-electron chi connectivity index (χ3n) is 3.53. The molecule has 7 heteroatoms. The third-order valence-corrected chi connectivity index (χ3v) is 5.18. The van der Waals surface area contributed by atoms with Crippen molar-refractivity contribution in [1.82, 2.24) is 10.2 Å². The molecule has 1 atom stereocenters. The molecule has 1 aromatic carbocycles. The Kier molecular flexibility index (Phi) is 4.03. The van der Waals surface area contributed by atoms with Crippen LogP contribution >= 0.6 is 27.7 Å². The molecule has 0 bridgehead atoms. The van der Waals surface area contributed by atoms with Crippen molar-refractivity contribution in [2.45, 2.75) is 13.3 Å². The fourth-order valence-corrected chi connectivity index (χ4v) is 3.61. The quantitative estimate of drug-likeness (QED) is 0.905. The number of halogens is 1. The standard InChI is InChI=1S/C14H14BrN3O2S/c1-8(19)21-7-9-4-13(20)18(6-9)10-2-3-12-11(5-10)14(15)17-16-12/h2-3,5,9H,4,6-7H2,1H3,(H,16,17). The molecule has 1 fully saturated rings. The molecule has 21 heavy (non-hydrogen) atoms. The molecule has 3 rings (SSSR count). The molecule has 0 radical (unpaired) electrons. The van der Waals surface area contributed by atoms with Crippen LogP contribution in [0.4, 0.5) is 5.69 Å². The van der Waals surface area contributed by atoms with E-state index in [-0.39, 0.29) is 16.9 Å². The second-order valence-corrected chi connectivity index (χ2v) is 7.11. The summed E-state index contributed by atoms with van der Waals surface area (Å²) in [6, 6.07) is 5.77. The lowest BCUT2D eigenvalue weighted by Crippen LogP contribution is -2.24. The minimum absolute atomic E-state index is 0.102. The molecule has 1 aromatic heterocycles. The molecule has 5 nitrogen and oxygen atoms in total. The number of amides is 1. The summed E-state index contributed by atoms with van der Waals surface area (Å²) < 4.78 is 0.815. The van der Waals surface area contributed by atoms with Gasteiger partial charge in [-0.3, -0.25) is 14.7 Å². The van der Waals surface area contributed by atoms with Crippen LogP contribution in [0.5, 0.6) is 0 Å². The molecule has 1 amide bonds. The molecule has 1 saturated heterocycles. The van der Waals surface area contributed by atoms with Crippen LogP contribution < -0.4 is 4.90 Å². The SMILES string of the molecule is CC(=O)SCC1CC(=O)N(c2ccc3n[nH]c(Br)c3c2)C1. The van der Waals surface area contributed by atoms with Gasteiger partial charge >= 0.3 is 0 Å². The highest BCUT2D eigenvalue weighted by molar-refractivity contribution is 9.10. The molecule has 0 saturated carbocycles. The van der Waals surface area contributed by atoms with Crippen molar-refractivity contribution in [2.75, 3.05) is 17.2 Å². The number of carbonyl (C=O) groups excluding carboxylic acids is 2. The number of benzene rings is 1.